The molecular weight excluding hydrogens is 300 g/mol. The van der Waals surface area contributed by atoms with E-state index in [0.29, 0.717) is 24.0 Å². The second-order valence-electron chi connectivity index (χ2n) is 4.50. The molecule has 1 aliphatic heterocycles. The molecule has 0 bridgehead atoms. The van der Waals surface area contributed by atoms with Gasteiger partial charge in [-0.05, 0) is 18.8 Å². The summed E-state index contributed by atoms with van der Waals surface area (Å²) in [5.74, 6) is 1.13. The molecule has 1 saturated heterocycles. The lowest BCUT2D eigenvalue weighted by Crippen LogP contribution is -2.29. The maximum absolute atomic E-state index is 12.2. The van der Waals surface area contributed by atoms with Gasteiger partial charge in [0, 0.05) is 31.6 Å². The maximum Gasteiger partial charge on any atom is 0.276 e. The number of likely N-dealkylation sites (tertiary alicyclic amines) is 1. The summed E-state index contributed by atoms with van der Waals surface area (Å²) >= 11 is 3.44. The van der Waals surface area contributed by atoms with E-state index in [-0.39, 0.29) is 5.91 Å². The summed E-state index contributed by atoms with van der Waals surface area (Å²) in [4.78, 5) is 14.0. The van der Waals surface area contributed by atoms with Crippen LogP contribution in [0.25, 0.3) is 0 Å². The highest BCUT2D eigenvalue weighted by Crippen LogP contribution is 2.22. The van der Waals surface area contributed by atoms with Gasteiger partial charge in [0.05, 0.1) is 0 Å². The molecule has 0 radical (unpaired) electrons. The quantitative estimate of drug-likeness (QED) is 0.780. The number of hydrogen-bond donors (Lipinski definition) is 0. The third-order valence-corrected chi connectivity index (χ3v) is 3.61. The van der Waals surface area contributed by atoms with Crippen molar-refractivity contribution in [3.05, 3.63) is 17.5 Å². The molecule has 1 amide bonds. The van der Waals surface area contributed by atoms with Crippen LogP contribution in [0.4, 0.5) is 0 Å². The Hall–Kier alpha value is -0.880. The van der Waals surface area contributed by atoms with Crippen molar-refractivity contribution in [1.82, 2.24) is 10.1 Å². The van der Waals surface area contributed by atoms with Crippen molar-refractivity contribution >= 4 is 21.8 Å². The smallest absolute Gasteiger partial charge is 0.276 e. The second-order valence-corrected chi connectivity index (χ2v) is 5.29. The molecule has 2 rings (SSSR count). The normalized spacial score (nSPS) is 19.4. The Kier molecular flexibility index (Phi) is 4.77. The van der Waals surface area contributed by atoms with Crippen LogP contribution in [0, 0.1) is 5.92 Å². The molecule has 1 atom stereocenters. The Labute approximate surface area is 115 Å². The van der Waals surface area contributed by atoms with Crippen molar-refractivity contribution in [2.24, 2.45) is 5.92 Å². The van der Waals surface area contributed by atoms with Crippen LogP contribution in [0.2, 0.25) is 0 Å². The van der Waals surface area contributed by atoms with Crippen LogP contribution in [0.3, 0.4) is 0 Å². The Morgan fingerprint density at radius 2 is 2.56 bits per heavy atom. The molecule has 1 unspecified atom stereocenters. The lowest BCUT2D eigenvalue weighted by molar-refractivity contribution is 0.0776. The molecule has 1 fully saturated rings. The first kappa shape index (κ1) is 13.5. The van der Waals surface area contributed by atoms with Gasteiger partial charge in [0.2, 0.25) is 0 Å². The summed E-state index contributed by atoms with van der Waals surface area (Å²) in [5, 5.41) is 4.78. The van der Waals surface area contributed by atoms with Crippen molar-refractivity contribution in [1.29, 1.82) is 0 Å². The lowest BCUT2D eigenvalue weighted by atomic mass is 10.1. The molecule has 100 valence electrons. The van der Waals surface area contributed by atoms with E-state index in [0.717, 1.165) is 31.3 Å². The van der Waals surface area contributed by atoms with Crippen molar-refractivity contribution in [2.75, 3.05) is 25.5 Å². The van der Waals surface area contributed by atoms with Gasteiger partial charge in [-0.15, -0.1) is 0 Å². The number of aromatic nitrogens is 1. The number of rotatable bonds is 5. The van der Waals surface area contributed by atoms with Crippen molar-refractivity contribution < 1.29 is 14.1 Å². The zero-order valence-electron chi connectivity index (χ0n) is 10.4. The highest BCUT2D eigenvalue weighted by atomic mass is 79.9. The molecular formula is C12H17BrN2O3. The second kappa shape index (κ2) is 6.33. The van der Waals surface area contributed by atoms with E-state index >= 15 is 0 Å². The van der Waals surface area contributed by atoms with E-state index in [1.807, 2.05) is 4.90 Å². The van der Waals surface area contributed by atoms with Crippen LogP contribution in [0.5, 0.6) is 0 Å². The average molecular weight is 317 g/mol. The molecule has 1 aromatic rings. The Balaban J connectivity index is 1.94. The topological polar surface area (TPSA) is 55.6 Å². The predicted molar refractivity (Wildman–Crippen MR) is 69.6 cm³/mol. The Bertz CT molecular complexity index is 408. The lowest BCUT2D eigenvalue weighted by Gasteiger charge is -2.14. The minimum Gasteiger partial charge on any atom is -0.377 e. The highest BCUT2D eigenvalue weighted by Gasteiger charge is 2.28. The van der Waals surface area contributed by atoms with Crippen molar-refractivity contribution in [3.8, 4) is 0 Å². The van der Waals surface area contributed by atoms with Gasteiger partial charge in [-0.1, -0.05) is 21.1 Å². The number of carbonyl (C=O) groups is 1. The van der Waals surface area contributed by atoms with Gasteiger partial charge in [-0.2, -0.15) is 0 Å². The summed E-state index contributed by atoms with van der Waals surface area (Å²) in [6.45, 7) is 1.96. The molecule has 0 N–H and O–H groups in total. The number of amides is 1. The highest BCUT2D eigenvalue weighted by molar-refractivity contribution is 9.09. The van der Waals surface area contributed by atoms with E-state index in [1.54, 1.807) is 13.2 Å². The van der Waals surface area contributed by atoms with E-state index in [1.165, 1.54) is 0 Å². The molecule has 6 heteroatoms. The standard InChI is InChI=1S/C12H17BrN2O3/c1-17-8-10-6-11(14-18-10)12(16)15-5-3-9(7-15)2-4-13/h6,9H,2-5,7-8H2,1H3. The molecule has 0 aromatic carbocycles. The minimum absolute atomic E-state index is 0.0434. The van der Waals surface area contributed by atoms with E-state index < -0.39 is 0 Å². The van der Waals surface area contributed by atoms with Gasteiger partial charge in [-0.25, -0.2) is 0 Å². The number of methoxy groups -OCH3 is 1. The summed E-state index contributed by atoms with van der Waals surface area (Å²) in [7, 11) is 1.58. The largest absolute Gasteiger partial charge is 0.377 e. The molecule has 2 heterocycles. The molecule has 1 aromatic heterocycles. The fourth-order valence-corrected chi connectivity index (χ4v) is 2.84. The fraction of sp³-hybridized carbons (Fsp3) is 0.667. The van der Waals surface area contributed by atoms with E-state index in [2.05, 4.69) is 21.1 Å². The van der Waals surface area contributed by atoms with Gasteiger partial charge in [0.1, 0.15) is 6.61 Å². The number of ether oxygens (including phenoxy) is 1. The summed E-state index contributed by atoms with van der Waals surface area (Å²) < 4.78 is 9.96. The maximum atomic E-state index is 12.2. The molecule has 0 aliphatic carbocycles. The number of halogens is 1. The Morgan fingerprint density at radius 3 is 3.28 bits per heavy atom. The van der Waals surface area contributed by atoms with E-state index in [9.17, 15) is 4.79 Å². The number of nitrogens with zero attached hydrogens (tertiary/aromatic N) is 2. The summed E-state index contributed by atoms with van der Waals surface area (Å²) in [6.07, 6.45) is 2.18. The zero-order valence-corrected chi connectivity index (χ0v) is 12.0. The monoisotopic (exact) mass is 316 g/mol. The molecule has 0 saturated carbocycles. The minimum atomic E-state index is -0.0434. The van der Waals surface area contributed by atoms with Crippen molar-refractivity contribution in [2.45, 2.75) is 19.4 Å². The van der Waals surface area contributed by atoms with Gasteiger partial charge < -0.3 is 14.2 Å². The first-order chi connectivity index (χ1) is 8.74. The summed E-state index contributed by atoms with van der Waals surface area (Å²) in [5.41, 5.74) is 0.376. The molecule has 5 nitrogen and oxygen atoms in total. The van der Waals surface area contributed by atoms with Gasteiger partial charge in [-0.3, -0.25) is 4.79 Å². The van der Waals surface area contributed by atoms with E-state index in [4.69, 9.17) is 9.26 Å². The zero-order chi connectivity index (χ0) is 13.0. The first-order valence-electron chi connectivity index (χ1n) is 6.04. The molecule has 1 aliphatic rings. The number of hydrogen-bond acceptors (Lipinski definition) is 4. The summed E-state index contributed by atoms with van der Waals surface area (Å²) in [6, 6.07) is 1.66. The molecule has 0 spiro atoms. The average Bonchev–Trinajstić information content (AvgIpc) is 2.98. The van der Waals surface area contributed by atoms with Crippen LogP contribution in [-0.2, 0) is 11.3 Å². The first-order valence-corrected chi connectivity index (χ1v) is 7.16. The number of carbonyl (C=O) groups excluding carboxylic acids is 1. The van der Waals surface area contributed by atoms with Gasteiger partial charge in [0.25, 0.3) is 5.91 Å². The van der Waals surface area contributed by atoms with Crippen LogP contribution in [0.1, 0.15) is 29.1 Å². The molecule has 18 heavy (non-hydrogen) atoms. The predicted octanol–water partition coefficient (Wildman–Crippen LogP) is 2.07. The SMILES string of the molecule is COCc1cc(C(=O)N2CCC(CCBr)C2)no1. The van der Waals surface area contributed by atoms with Crippen LogP contribution < -0.4 is 0 Å². The van der Waals surface area contributed by atoms with Crippen LogP contribution >= 0.6 is 15.9 Å². The third kappa shape index (κ3) is 3.11. The third-order valence-electron chi connectivity index (χ3n) is 3.16. The van der Waals surface area contributed by atoms with Gasteiger partial charge >= 0.3 is 0 Å². The number of alkyl halides is 1. The van der Waals surface area contributed by atoms with Crippen molar-refractivity contribution in [3.63, 3.8) is 0 Å². The van der Waals surface area contributed by atoms with Crippen LogP contribution in [0.15, 0.2) is 10.6 Å². The fourth-order valence-electron chi connectivity index (χ4n) is 2.19. The Morgan fingerprint density at radius 1 is 1.72 bits per heavy atom. The van der Waals surface area contributed by atoms with Crippen LogP contribution in [-0.4, -0.2) is 41.5 Å². The van der Waals surface area contributed by atoms with Gasteiger partial charge in [0.15, 0.2) is 11.5 Å².